The van der Waals surface area contributed by atoms with Crippen LogP contribution in [0.2, 0.25) is 5.02 Å². The van der Waals surface area contributed by atoms with Gasteiger partial charge in [0.15, 0.2) is 5.13 Å². The Bertz CT molecular complexity index is 938. The summed E-state index contributed by atoms with van der Waals surface area (Å²) in [5.74, 6) is 0.738. The molecule has 0 fully saturated rings. The van der Waals surface area contributed by atoms with Gasteiger partial charge in [0.1, 0.15) is 5.75 Å². The highest BCUT2D eigenvalue weighted by Gasteiger charge is 2.09. The fourth-order valence-electron chi connectivity index (χ4n) is 2.75. The molecule has 0 unspecified atom stereocenters. The first-order valence-corrected chi connectivity index (χ1v) is 10.5. The van der Waals surface area contributed by atoms with Gasteiger partial charge in [0.2, 0.25) is 5.91 Å². The number of hydrogen-bond acceptors (Lipinski definition) is 4. The van der Waals surface area contributed by atoms with Gasteiger partial charge in [0, 0.05) is 22.4 Å². The Hall–Kier alpha value is -2.37. The third kappa shape index (κ3) is 5.57. The minimum Gasteiger partial charge on any atom is -0.493 e. The van der Waals surface area contributed by atoms with Gasteiger partial charge < -0.3 is 10.1 Å². The van der Waals surface area contributed by atoms with Crippen molar-refractivity contribution in [1.82, 2.24) is 4.98 Å². The van der Waals surface area contributed by atoms with Crippen LogP contribution in [0, 0.1) is 6.92 Å². The Labute approximate surface area is 174 Å². The number of anilines is 1. The highest BCUT2D eigenvalue weighted by atomic mass is 35.5. The number of ether oxygens (including phenoxy) is 1. The first-order valence-electron chi connectivity index (χ1n) is 9.29. The molecule has 0 aliphatic heterocycles. The normalized spacial score (nSPS) is 10.7. The molecule has 1 amide bonds. The molecular formula is C22H23ClN2O2S. The number of aryl methyl sites for hydroxylation is 2. The number of carbonyl (C=O) groups is 1. The monoisotopic (exact) mass is 414 g/mol. The van der Waals surface area contributed by atoms with E-state index in [-0.39, 0.29) is 5.91 Å². The van der Waals surface area contributed by atoms with Gasteiger partial charge in [-0.05, 0) is 49.1 Å². The summed E-state index contributed by atoms with van der Waals surface area (Å²) >= 11 is 7.37. The van der Waals surface area contributed by atoms with E-state index in [1.807, 2.05) is 24.4 Å². The maximum atomic E-state index is 12.1. The molecule has 1 aromatic heterocycles. The van der Waals surface area contributed by atoms with Gasteiger partial charge in [-0.3, -0.25) is 4.79 Å². The van der Waals surface area contributed by atoms with Gasteiger partial charge in [-0.15, -0.1) is 11.3 Å². The van der Waals surface area contributed by atoms with Crippen LogP contribution in [0.1, 0.15) is 30.9 Å². The molecule has 0 atom stereocenters. The predicted molar refractivity (Wildman–Crippen MR) is 116 cm³/mol. The Morgan fingerprint density at radius 2 is 2.00 bits per heavy atom. The van der Waals surface area contributed by atoms with E-state index in [0.717, 1.165) is 29.0 Å². The third-order valence-corrected chi connectivity index (χ3v) is 5.34. The van der Waals surface area contributed by atoms with Crippen LogP contribution in [0.15, 0.2) is 47.8 Å². The zero-order valence-electron chi connectivity index (χ0n) is 16.0. The van der Waals surface area contributed by atoms with Crippen LogP contribution in [0.3, 0.4) is 0 Å². The largest absolute Gasteiger partial charge is 0.493 e. The Kier molecular flexibility index (Phi) is 7.06. The summed E-state index contributed by atoms with van der Waals surface area (Å²) < 4.78 is 5.72. The minimum absolute atomic E-state index is 0.0568. The molecule has 1 heterocycles. The van der Waals surface area contributed by atoms with Crippen LogP contribution < -0.4 is 10.1 Å². The second-order valence-corrected chi connectivity index (χ2v) is 7.79. The molecule has 28 heavy (non-hydrogen) atoms. The van der Waals surface area contributed by atoms with Gasteiger partial charge in [-0.1, -0.05) is 42.8 Å². The van der Waals surface area contributed by atoms with E-state index in [4.69, 9.17) is 16.3 Å². The van der Waals surface area contributed by atoms with Crippen molar-refractivity contribution >= 4 is 34.0 Å². The Morgan fingerprint density at radius 3 is 2.71 bits per heavy atom. The lowest BCUT2D eigenvalue weighted by Gasteiger charge is -2.09. The number of thiazole rings is 1. The van der Waals surface area contributed by atoms with E-state index in [1.165, 1.54) is 16.9 Å². The van der Waals surface area contributed by atoms with Gasteiger partial charge in [0.05, 0.1) is 12.3 Å². The summed E-state index contributed by atoms with van der Waals surface area (Å²) in [7, 11) is 0. The van der Waals surface area contributed by atoms with Crippen molar-refractivity contribution in [3.05, 3.63) is 64.0 Å². The molecule has 2 aromatic carbocycles. The van der Waals surface area contributed by atoms with E-state index < -0.39 is 0 Å². The predicted octanol–water partition coefficient (Wildman–Crippen LogP) is 6.13. The Balaban J connectivity index is 1.45. The van der Waals surface area contributed by atoms with Crippen molar-refractivity contribution in [2.24, 2.45) is 0 Å². The number of halogens is 1. The lowest BCUT2D eigenvalue weighted by molar-refractivity contribution is -0.116. The van der Waals surface area contributed by atoms with Crippen LogP contribution in [0.25, 0.3) is 11.3 Å². The first kappa shape index (κ1) is 20.4. The van der Waals surface area contributed by atoms with Crippen molar-refractivity contribution in [2.75, 3.05) is 11.9 Å². The van der Waals surface area contributed by atoms with E-state index in [0.29, 0.717) is 29.6 Å². The third-order valence-electron chi connectivity index (χ3n) is 4.35. The summed E-state index contributed by atoms with van der Waals surface area (Å²) in [4.78, 5) is 16.7. The standard InChI is InChI=1S/C22H23ClN2O2S/c1-3-16-6-8-17(9-7-16)19-14-28-22(24-19)25-21(26)5-4-12-27-20-11-10-18(23)13-15(20)2/h6-11,13-14H,3-5,12H2,1-2H3,(H,24,25,26). The Morgan fingerprint density at radius 1 is 1.21 bits per heavy atom. The number of rotatable bonds is 8. The number of aromatic nitrogens is 1. The quantitative estimate of drug-likeness (QED) is 0.451. The maximum Gasteiger partial charge on any atom is 0.226 e. The number of benzene rings is 2. The van der Waals surface area contributed by atoms with Crippen LogP contribution in [0.4, 0.5) is 5.13 Å². The molecule has 0 spiro atoms. The summed E-state index contributed by atoms with van der Waals surface area (Å²) in [6.45, 7) is 4.56. The summed E-state index contributed by atoms with van der Waals surface area (Å²) in [6.07, 6.45) is 2.03. The number of carbonyl (C=O) groups excluding carboxylic acids is 1. The molecule has 0 aliphatic carbocycles. The molecule has 6 heteroatoms. The average Bonchev–Trinajstić information content (AvgIpc) is 3.15. The van der Waals surface area contributed by atoms with Gasteiger partial charge in [-0.2, -0.15) is 0 Å². The molecule has 0 aliphatic rings. The van der Waals surface area contributed by atoms with Gasteiger partial charge in [-0.25, -0.2) is 4.98 Å². The van der Waals surface area contributed by atoms with E-state index in [1.54, 1.807) is 6.07 Å². The van der Waals surface area contributed by atoms with Crippen molar-refractivity contribution in [1.29, 1.82) is 0 Å². The molecule has 146 valence electrons. The highest BCUT2D eigenvalue weighted by molar-refractivity contribution is 7.14. The second kappa shape index (κ2) is 9.71. The zero-order valence-corrected chi connectivity index (χ0v) is 17.6. The average molecular weight is 415 g/mol. The first-order chi connectivity index (χ1) is 13.5. The van der Waals surface area contributed by atoms with Crippen molar-refractivity contribution in [3.63, 3.8) is 0 Å². The van der Waals surface area contributed by atoms with Gasteiger partial charge in [0.25, 0.3) is 0 Å². The SMILES string of the molecule is CCc1ccc(-c2csc(NC(=O)CCCOc3ccc(Cl)cc3C)n2)cc1. The molecule has 4 nitrogen and oxygen atoms in total. The maximum absolute atomic E-state index is 12.1. The van der Waals surface area contributed by atoms with Crippen LogP contribution in [-0.2, 0) is 11.2 Å². The molecule has 0 bridgehead atoms. The summed E-state index contributed by atoms with van der Waals surface area (Å²) in [5, 5.41) is 6.14. The molecule has 3 rings (SSSR count). The van der Waals surface area contributed by atoms with Crippen molar-refractivity contribution < 1.29 is 9.53 Å². The zero-order chi connectivity index (χ0) is 19.9. The van der Waals surface area contributed by atoms with E-state index in [2.05, 4.69) is 41.5 Å². The van der Waals surface area contributed by atoms with Crippen molar-refractivity contribution in [3.8, 4) is 17.0 Å². The van der Waals surface area contributed by atoms with Crippen LogP contribution in [-0.4, -0.2) is 17.5 Å². The smallest absolute Gasteiger partial charge is 0.226 e. The topological polar surface area (TPSA) is 51.2 Å². The van der Waals surface area contributed by atoms with Crippen LogP contribution >= 0.6 is 22.9 Å². The second-order valence-electron chi connectivity index (χ2n) is 6.50. The van der Waals surface area contributed by atoms with Crippen molar-refractivity contribution in [2.45, 2.75) is 33.1 Å². The highest BCUT2D eigenvalue weighted by Crippen LogP contribution is 2.25. The van der Waals surface area contributed by atoms with Gasteiger partial charge >= 0.3 is 0 Å². The molecule has 3 aromatic rings. The molecule has 0 saturated heterocycles. The fraction of sp³-hybridized carbons (Fsp3) is 0.273. The summed E-state index contributed by atoms with van der Waals surface area (Å²) in [5.41, 5.74) is 4.22. The number of nitrogens with zero attached hydrogens (tertiary/aromatic N) is 1. The molecular weight excluding hydrogens is 392 g/mol. The lowest BCUT2D eigenvalue weighted by Crippen LogP contribution is -2.12. The number of hydrogen-bond donors (Lipinski definition) is 1. The molecule has 0 saturated carbocycles. The van der Waals surface area contributed by atoms with Crippen LogP contribution in [0.5, 0.6) is 5.75 Å². The molecule has 0 radical (unpaired) electrons. The number of nitrogens with one attached hydrogen (secondary N) is 1. The fourth-order valence-corrected chi connectivity index (χ4v) is 3.71. The molecule has 1 N–H and O–H groups in total. The summed E-state index contributed by atoms with van der Waals surface area (Å²) in [6, 6.07) is 13.9. The lowest BCUT2D eigenvalue weighted by atomic mass is 10.1. The minimum atomic E-state index is -0.0568. The van der Waals surface area contributed by atoms with E-state index in [9.17, 15) is 4.79 Å². The van der Waals surface area contributed by atoms with E-state index >= 15 is 0 Å². The number of amides is 1.